The molecular formula is C16H16F3NO. The Morgan fingerprint density at radius 3 is 2.43 bits per heavy atom. The average Bonchev–Trinajstić information content (AvgIpc) is 2.45. The van der Waals surface area contributed by atoms with Crippen LogP contribution in [0.4, 0.5) is 18.9 Å². The minimum atomic E-state index is -4.35. The molecule has 0 unspecified atom stereocenters. The first kappa shape index (κ1) is 15.2. The zero-order valence-electron chi connectivity index (χ0n) is 11.8. The molecular weight excluding hydrogens is 279 g/mol. The molecule has 2 aromatic rings. The molecule has 0 spiro atoms. The van der Waals surface area contributed by atoms with Crippen LogP contribution in [-0.2, 0) is 12.8 Å². The molecule has 0 saturated carbocycles. The van der Waals surface area contributed by atoms with Crippen LogP contribution < -0.4 is 10.1 Å². The lowest BCUT2D eigenvalue weighted by Gasteiger charge is -2.15. The highest BCUT2D eigenvalue weighted by Gasteiger charge is 2.30. The molecule has 2 nitrogen and oxygen atoms in total. The van der Waals surface area contributed by atoms with Crippen molar-refractivity contribution in [2.24, 2.45) is 0 Å². The molecule has 0 heterocycles. The van der Waals surface area contributed by atoms with E-state index in [-0.39, 0.29) is 6.61 Å². The second kappa shape index (κ2) is 6.08. The molecule has 0 fully saturated rings. The van der Waals surface area contributed by atoms with Gasteiger partial charge in [0.15, 0.2) is 0 Å². The highest BCUT2D eigenvalue weighted by Crippen LogP contribution is 2.32. The largest absolute Gasteiger partial charge is 0.489 e. The number of para-hydroxylation sites is 1. The molecule has 0 bridgehead atoms. The quantitative estimate of drug-likeness (QED) is 0.887. The van der Waals surface area contributed by atoms with Crippen LogP contribution in [0.15, 0.2) is 42.5 Å². The van der Waals surface area contributed by atoms with E-state index in [4.69, 9.17) is 4.74 Å². The molecule has 0 amide bonds. The Morgan fingerprint density at radius 2 is 1.81 bits per heavy atom. The Morgan fingerprint density at radius 1 is 1.10 bits per heavy atom. The minimum absolute atomic E-state index is 0.208. The SMILES string of the molecule is CNc1cc(C(F)(F)F)ccc1COc1ccccc1C. The van der Waals surface area contributed by atoms with E-state index in [1.165, 1.54) is 6.07 Å². The van der Waals surface area contributed by atoms with Crippen LogP contribution in [0, 0.1) is 6.92 Å². The normalized spacial score (nSPS) is 11.3. The van der Waals surface area contributed by atoms with E-state index in [0.717, 1.165) is 23.4 Å². The van der Waals surface area contributed by atoms with Gasteiger partial charge in [0, 0.05) is 18.3 Å². The predicted molar refractivity (Wildman–Crippen MR) is 76.5 cm³/mol. The van der Waals surface area contributed by atoms with E-state index in [2.05, 4.69) is 5.32 Å². The van der Waals surface area contributed by atoms with Gasteiger partial charge in [-0.3, -0.25) is 0 Å². The lowest BCUT2D eigenvalue weighted by Crippen LogP contribution is -2.08. The number of benzene rings is 2. The molecule has 2 aromatic carbocycles. The van der Waals surface area contributed by atoms with Gasteiger partial charge in [0.2, 0.25) is 0 Å². The van der Waals surface area contributed by atoms with Crippen molar-refractivity contribution in [1.82, 2.24) is 0 Å². The Bertz CT molecular complexity index is 623. The fourth-order valence-corrected chi connectivity index (χ4v) is 1.99. The van der Waals surface area contributed by atoms with Gasteiger partial charge >= 0.3 is 6.18 Å². The van der Waals surface area contributed by atoms with Gasteiger partial charge in [0.1, 0.15) is 12.4 Å². The number of hydrogen-bond donors (Lipinski definition) is 1. The number of ether oxygens (including phenoxy) is 1. The Hall–Kier alpha value is -2.17. The van der Waals surface area contributed by atoms with Crippen molar-refractivity contribution in [3.05, 3.63) is 59.2 Å². The lowest BCUT2D eigenvalue weighted by atomic mass is 10.1. The zero-order valence-corrected chi connectivity index (χ0v) is 11.8. The summed E-state index contributed by atoms with van der Waals surface area (Å²) in [7, 11) is 1.59. The van der Waals surface area contributed by atoms with Crippen LogP contribution in [0.1, 0.15) is 16.7 Å². The summed E-state index contributed by atoms with van der Waals surface area (Å²) < 4.78 is 43.7. The fraction of sp³-hybridized carbons (Fsp3) is 0.250. The lowest BCUT2D eigenvalue weighted by molar-refractivity contribution is -0.137. The summed E-state index contributed by atoms with van der Waals surface area (Å²) in [5, 5.41) is 2.78. The van der Waals surface area contributed by atoms with Crippen LogP contribution in [0.5, 0.6) is 5.75 Å². The highest BCUT2D eigenvalue weighted by atomic mass is 19.4. The second-order valence-corrected chi connectivity index (χ2v) is 4.67. The van der Waals surface area contributed by atoms with E-state index >= 15 is 0 Å². The minimum Gasteiger partial charge on any atom is -0.489 e. The first-order chi connectivity index (χ1) is 9.91. The average molecular weight is 295 g/mol. The maximum atomic E-state index is 12.7. The highest BCUT2D eigenvalue weighted by molar-refractivity contribution is 5.53. The molecule has 0 aliphatic rings. The molecule has 2 rings (SSSR count). The number of rotatable bonds is 4. The summed E-state index contributed by atoms with van der Waals surface area (Å²) in [5.41, 5.74) is 1.40. The van der Waals surface area contributed by atoms with Gasteiger partial charge in [-0.1, -0.05) is 24.3 Å². The predicted octanol–water partition coefficient (Wildman–Crippen LogP) is 4.63. The van der Waals surface area contributed by atoms with Crippen LogP contribution >= 0.6 is 0 Å². The van der Waals surface area contributed by atoms with E-state index in [1.807, 2.05) is 31.2 Å². The first-order valence-corrected chi connectivity index (χ1v) is 6.48. The monoisotopic (exact) mass is 295 g/mol. The van der Waals surface area contributed by atoms with Crippen molar-refractivity contribution < 1.29 is 17.9 Å². The van der Waals surface area contributed by atoms with Crippen molar-refractivity contribution in [3.8, 4) is 5.75 Å². The number of anilines is 1. The van der Waals surface area contributed by atoms with Crippen LogP contribution in [-0.4, -0.2) is 7.05 Å². The molecule has 0 aliphatic heterocycles. The fourth-order valence-electron chi connectivity index (χ4n) is 1.99. The number of hydrogen-bond acceptors (Lipinski definition) is 2. The van der Waals surface area contributed by atoms with Gasteiger partial charge < -0.3 is 10.1 Å². The number of nitrogens with one attached hydrogen (secondary N) is 1. The van der Waals surface area contributed by atoms with Crippen LogP contribution in [0.3, 0.4) is 0 Å². The van der Waals surface area contributed by atoms with E-state index in [9.17, 15) is 13.2 Å². The van der Waals surface area contributed by atoms with Crippen molar-refractivity contribution in [2.75, 3.05) is 12.4 Å². The van der Waals surface area contributed by atoms with Crippen molar-refractivity contribution in [3.63, 3.8) is 0 Å². The molecule has 0 radical (unpaired) electrons. The maximum absolute atomic E-state index is 12.7. The van der Waals surface area contributed by atoms with E-state index < -0.39 is 11.7 Å². The van der Waals surface area contributed by atoms with Gasteiger partial charge in [0.05, 0.1) is 5.56 Å². The van der Waals surface area contributed by atoms with Gasteiger partial charge in [-0.25, -0.2) is 0 Å². The Kier molecular flexibility index (Phi) is 4.40. The third-order valence-electron chi connectivity index (χ3n) is 3.18. The molecule has 21 heavy (non-hydrogen) atoms. The third-order valence-corrected chi connectivity index (χ3v) is 3.18. The molecule has 0 aliphatic carbocycles. The summed E-state index contributed by atoms with van der Waals surface area (Å²) in [6, 6.07) is 11.1. The summed E-state index contributed by atoms with van der Waals surface area (Å²) in [6.45, 7) is 2.13. The Balaban J connectivity index is 2.19. The molecule has 0 aromatic heterocycles. The van der Waals surface area contributed by atoms with Gasteiger partial charge in [0.25, 0.3) is 0 Å². The standard InChI is InChI=1S/C16H16F3NO/c1-11-5-3-4-6-15(11)21-10-12-7-8-13(16(17,18)19)9-14(12)20-2/h3-9,20H,10H2,1-2H3. The Labute approximate surface area is 121 Å². The third kappa shape index (κ3) is 3.68. The van der Waals surface area contributed by atoms with Gasteiger partial charge in [-0.15, -0.1) is 0 Å². The summed E-state index contributed by atoms with van der Waals surface area (Å²) >= 11 is 0. The van der Waals surface area contributed by atoms with Crippen molar-refractivity contribution in [1.29, 1.82) is 0 Å². The van der Waals surface area contributed by atoms with E-state index in [1.54, 1.807) is 7.05 Å². The van der Waals surface area contributed by atoms with Crippen LogP contribution in [0.25, 0.3) is 0 Å². The van der Waals surface area contributed by atoms with Gasteiger partial charge in [-0.05, 0) is 30.7 Å². The first-order valence-electron chi connectivity index (χ1n) is 6.48. The summed E-state index contributed by atoms with van der Waals surface area (Å²) in [6.07, 6.45) is -4.35. The summed E-state index contributed by atoms with van der Waals surface area (Å²) in [5.74, 6) is 0.722. The molecule has 1 N–H and O–H groups in total. The number of alkyl halides is 3. The number of halogens is 3. The molecule has 0 saturated heterocycles. The van der Waals surface area contributed by atoms with Crippen LogP contribution in [0.2, 0.25) is 0 Å². The van der Waals surface area contributed by atoms with E-state index in [0.29, 0.717) is 11.3 Å². The van der Waals surface area contributed by atoms with Crippen molar-refractivity contribution in [2.45, 2.75) is 19.7 Å². The topological polar surface area (TPSA) is 21.3 Å². The second-order valence-electron chi connectivity index (χ2n) is 4.67. The molecule has 112 valence electrons. The van der Waals surface area contributed by atoms with Gasteiger partial charge in [-0.2, -0.15) is 13.2 Å². The number of aryl methyl sites for hydroxylation is 1. The zero-order chi connectivity index (χ0) is 15.5. The molecule has 0 atom stereocenters. The molecule has 5 heteroatoms. The summed E-state index contributed by atoms with van der Waals surface area (Å²) in [4.78, 5) is 0. The van der Waals surface area contributed by atoms with Crippen molar-refractivity contribution >= 4 is 5.69 Å². The maximum Gasteiger partial charge on any atom is 0.416 e. The smallest absolute Gasteiger partial charge is 0.416 e.